The van der Waals surface area contributed by atoms with Gasteiger partial charge in [0.25, 0.3) is 0 Å². The van der Waals surface area contributed by atoms with E-state index >= 15 is 0 Å². The maximum Gasteiger partial charge on any atom is 0.214 e. The Morgan fingerprint density at radius 2 is 2.15 bits per heavy atom. The molecular formula is C21H23ClN4O. The molecule has 5 rings (SSSR count). The molecule has 0 radical (unpaired) electrons. The zero-order valence-corrected chi connectivity index (χ0v) is 16.0. The zero-order valence-electron chi connectivity index (χ0n) is 15.2. The van der Waals surface area contributed by atoms with Crippen molar-refractivity contribution < 1.29 is 4.74 Å². The molecule has 27 heavy (non-hydrogen) atoms. The molecule has 140 valence electrons. The lowest BCUT2D eigenvalue weighted by molar-refractivity contribution is 0.124. The average molecular weight is 383 g/mol. The van der Waals surface area contributed by atoms with Crippen molar-refractivity contribution in [1.82, 2.24) is 19.3 Å². The van der Waals surface area contributed by atoms with Crippen molar-refractivity contribution >= 4 is 17.2 Å². The molecule has 1 saturated carbocycles. The quantitative estimate of drug-likeness (QED) is 0.624. The van der Waals surface area contributed by atoms with Gasteiger partial charge in [-0.05, 0) is 37.0 Å². The van der Waals surface area contributed by atoms with E-state index in [9.17, 15) is 0 Å². The highest BCUT2D eigenvalue weighted by molar-refractivity contribution is 6.29. The van der Waals surface area contributed by atoms with Gasteiger partial charge in [-0.25, -0.2) is 9.97 Å². The maximum atomic E-state index is 6.08. The fourth-order valence-electron chi connectivity index (χ4n) is 4.86. The van der Waals surface area contributed by atoms with E-state index in [-0.39, 0.29) is 5.41 Å². The van der Waals surface area contributed by atoms with Crippen LogP contribution in [0.25, 0.3) is 5.65 Å². The second-order valence-electron chi connectivity index (χ2n) is 7.91. The van der Waals surface area contributed by atoms with Crippen LogP contribution in [0.3, 0.4) is 0 Å². The molecule has 3 aromatic rings. The first kappa shape index (κ1) is 17.0. The average Bonchev–Trinajstić information content (AvgIpc) is 3.32. The normalized spacial score (nSPS) is 25.1. The number of hydrogen-bond donors (Lipinski definition) is 0. The molecule has 0 N–H and O–H groups in total. The summed E-state index contributed by atoms with van der Waals surface area (Å²) in [5.74, 6) is 1.31. The van der Waals surface area contributed by atoms with E-state index in [0.717, 1.165) is 31.0 Å². The van der Waals surface area contributed by atoms with Crippen LogP contribution in [0.5, 0.6) is 5.88 Å². The Morgan fingerprint density at radius 3 is 3.04 bits per heavy atom. The van der Waals surface area contributed by atoms with Crippen LogP contribution >= 0.6 is 11.6 Å². The molecule has 6 heteroatoms. The molecule has 0 bridgehead atoms. The fraction of sp³-hybridized carbons (Fsp3) is 0.429. The van der Waals surface area contributed by atoms with E-state index in [2.05, 4.69) is 32.7 Å². The third-order valence-corrected chi connectivity index (χ3v) is 6.32. The number of aromatic nitrogens is 3. The number of rotatable bonds is 5. The molecule has 0 aromatic carbocycles. The highest BCUT2D eigenvalue weighted by Crippen LogP contribution is 2.49. The van der Waals surface area contributed by atoms with Crippen LogP contribution in [0.4, 0.5) is 0 Å². The molecule has 2 atom stereocenters. The van der Waals surface area contributed by atoms with Crippen molar-refractivity contribution in [2.45, 2.75) is 25.8 Å². The van der Waals surface area contributed by atoms with Crippen LogP contribution in [-0.4, -0.2) is 39.0 Å². The Hall–Kier alpha value is -2.11. The van der Waals surface area contributed by atoms with Crippen LogP contribution in [0.15, 0.2) is 48.8 Å². The highest BCUT2D eigenvalue weighted by atomic mass is 35.5. The number of ether oxygens (including phenoxy) is 1. The lowest BCUT2D eigenvalue weighted by Gasteiger charge is -2.28. The summed E-state index contributed by atoms with van der Waals surface area (Å²) >= 11 is 5.99. The number of imidazole rings is 1. The summed E-state index contributed by atoms with van der Waals surface area (Å²) in [7, 11) is 0. The minimum atomic E-state index is 0.225. The number of halogens is 1. The van der Waals surface area contributed by atoms with Crippen LogP contribution in [0.2, 0.25) is 5.15 Å². The molecule has 0 spiro atoms. The Morgan fingerprint density at radius 1 is 1.19 bits per heavy atom. The predicted octanol–water partition coefficient (Wildman–Crippen LogP) is 4.06. The fourth-order valence-corrected chi connectivity index (χ4v) is 5.02. The number of pyridine rings is 2. The molecule has 1 aliphatic heterocycles. The summed E-state index contributed by atoms with van der Waals surface area (Å²) < 4.78 is 8.17. The summed E-state index contributed by atoms with van der Waals surface area (Å²) in [6, 6.07) is 11.7. The first-order valence-corrected chi connectivity index (χ1v) is 9.98. The van der Waals surface area contributed by atoms with Gasteiger partial charge in [0.15, 0.2) is 0 Å². The number of hydrogen-bond acceptors (Lipinski definition) is 4. The first-order chi connectivity index (χ1) is 13.2. The van der Waals surface area contributed by atoms with Crippen molar-refractivity contribution in [2.75, 3.05) is 19.7 Å². The summed E-state index contributed by atoms with van der Waals surface area (Å²) in [5, 5.41) is 0.480. The van der Waals surface area contributed by atoms with Gasteiger partial charge in [0.05, 0.1) is 12.3 Å². The number of likely N-dealkylation sites (tertiary alicyclic amines) is 1. The molecular weight excluding hydrogens is 360 g/mol. The van der Waals surface area contributed by atoms with Crippen molar-refractivity contribution in [1.29, 1.82) is 0 Å². The summed E-state index contributed by atoms with van der Waals surface area (Å²) in [6.07, 6.45) is 7.99. The van der Waals surface area contributed by atoms with Gasteiger partial charge in [0, 0.05) is 43.5 Å². The lowest BCUT2D eigenvalue weighted by atomic mass is 9.81. The molecule has 4 heterocycles. The van der Waals surface area contributed by atoms with E-state index in [1.54, 1.807) is 6.07 Å². The van der Waals surface area contributed by atoms with Gasteiger partial charge in [-0.15, -0.1) is 0 Å². The Kier molecular flexibility index (Phi) is 4.29. The summed E-state index contributed by atoms with van der Waals surface area (Å²) in [6.45, 7) is 3.80. The van der Waals surface area contributed by atoms with Gasteiger partial charge >= 0.3 is 0 Å². The largest absolute Gasteiger partial charge is 0.477 e. The third-order valence-electron chi connectivity index (χ3n) is 6.11. The van der Waals surface area contributed by atoms with E-state index in [1.165, 1.54) is 19.3 Å². The molecule has 1 aliphatic carbocycles. The van der Waals surface area contributed by atoms with E-state index < -0.39 is 0 Å². The van der Waals surface area contributed by atoms with Crippen LogP contribution in [-0.2, 0) is 6.54 Å². The van der Waals surface area contributed by atoms with Crippen molar-refractivity contribution in [3.8, 4) is 5.88 Å². The van der Waals surface area contributed by atoms with Crippen LogP contribution in [0.1, 0.15) is 25.0 Å². The number of fused-ring (bicyclic) bond motifs is 2. The molecule has 3 aromatic heterocycles. The second kappa shape index (κ2) is 6.80. The van der Waals surface area contributed by atoms with E-state index in [4.69, 9.17) is 21.3 Å². The molecule has 5 nitrogen and oxygen atoms in total. The maximum absolute atomic E-state index is 6.08. The van der Waals surface area contributed by atoms with Crippen molar-refractivity contribution in [3.05, 3.63) is 59.6 Å². The van der Waals surface area contributed by atoms with Gasteiger partial charge in [-0.2, -0.15) is 0 Å². The van der Waals surface area contributed by atoms with E-state index in [1.807, 2.05) is 24.3 Å². The SMILES string of the molecule is Clc1cccc(OCC23CCCC2CN(Cc2cn4ccccc4n2)C3)n1. The van der Waals surface area contributed by atoms with Crippen LogP contribution in [0, 0.1) is 11.3 Å². The number of nitrogens with zero attached hydrogens (tertiary/aromatic N) is 4. The standard InChI is InChI=1S/C21H23ClN4O/c22-18-6-3-8-20(24-18)27-15-21-9-4-5-16(21)11-25(14-21)12-17-13-26-10-2-1-7-19(26)23-17/h1-3,6-8,10,13,16H,4-5,9,11-12,14-15H2. The van der Waals surface area contributed by atoms with Crippen molar-refractivity contribution in [2.24, 2.45) is 11.3 Å². The van der Waals surface area contributed by atoms with Crippen LogP contribution < -0.4 is 4.74 Å². The molecule has 0 amide bonds. The molecule has 2 unspecified atom stereocenters. The third kappa shape index (κ3) is 3.30. The Balaban J connectivity index is 1.29. The minimum absolute atomic E-state index is 0.225. The lowest BCUT2D eigenvalue weighted by Crippen LogP contribution is -2.33. The van der Waals surface area contributed by atoms with Gasteiger partial charge in [-0.3, -0.25) is 4.90 Å². The van der Waals surface area contributed by atoms with Gasteiger partial charge in [-0.1, -0.05) is 30.2 Å². The van der Waals surface area contributed by atoms with Gasteiger partial charge < -0.3 is 9.14 Å². The summed E-state index contributed by atoms with van der Waals surface area (Å²) in [4.78, 5) is 11.6. The zero-order chi connectivity index (χ0) is 18.3. The molecule has 2 fully saturated rings. The molecule has 1 saturated heterocycles. The smallest absolute Gasteiger partial charge is 0.214 e. The first-order valence-electron chi connectivity index (χ1n) is 9.61. The van der Waals surface area contributed by atoms with Gasteiger partial charge in [0.1, 0.15) is 10.8 Å². The Labute approximate surface area is 163 Å². The van der Waals surface area contributed by atoms with Gasteiger partial charge in [0.2, 0.25) is 5.88 Å². The monoisotopic (exact) mass is 382 g/mol. The Bertz CT molecular complexity index is 925. The van der Waals surface area contributed by atoms with E-state index in [0.29, 0.717) is 23.6 Å². The predicted molar refractivity (Wildman–Crippen MR) is 105 cm³/mol. The summed E-state index contributed by atoms with van der Waals surface area (Å²) in [5.41, 5.74) is 2.37. The topological polar surface area (TPSA) is 42.7 Å². The minimum Gasteiger partial charge on any atom is -0.477 e. The highest BCUT2D eigenvalue weighted by Gasteiger charge is 2.50. The molecule has 2 aliphatic rings. The van der Waals surface area contributed by atoms with Crippen molar-refractivity contribution in [3.63, 3.8) is 0 Å². The second-order valence-corrected chi connectivity index (χ2v) is 8.29.